The Morgan fingerprint density at radius 3 is 2.90 bits per heavy atom. The van der Waals surface area contributed by atoms with Crippen LogP contribution in [0.5, 0.6) is 0 Å². The molecule has 0 saturated carbocycles. The molecule has 0 radical (unpaired) electrons. The molecule has 20 heavy (non-hydrogen) atoms. The molecule has 1 saturated heterocycles. The van der Waals surface area contributed by atoms with E-state index in [0.29, 0.717) is 11.5 Å². The number of benzene rings is 1. The molecule has 2 atom stereocenters. The van der Waals surface area contributed by atoms with Gasteiger partial charge < -0.3 is 9.73 Å². The minimum absolute atomic E-state index is 0.305. The fourth-order valence-electron chi connectivity index (χ4n) is 3.17. The van der Waals surface area contributed by atoms with Gasteiger partial charge in [0, 0.05) is 18.5 Å². The van der Waals surface area contributed by atoms with E-state index >= 15 is 0 Å². The average Bonchev–Trinajstić information content (AvgIpc) is 3.03. The summed E-state index contributed by atoms with van der Waals surface area (Å²) in [5.41, 5.74) is 1.37. The highest BCUT2D eigenvalue weighted by molar-refractivity contribution is 5.77. The van der Waals surface area contributed by atoms with E-state index in [1.54, 1.807) is 0 Å². The van der Waals surface area contributed by atoms with Crippen molar-refractivity contribution in [2.24, 2.45) is 5.41 Å². The van der Waals surface area contributed by atoms with Crippen molar-refractivity contribution >= 4 is 11.0 Å². The average molecular weight is 272 g/mol. The molecule has 3 heteroatoms. The Kier molecular flexibility index (Phi) is 3.57. The number of nitrogens with one attached hydrogen (secondary N) is 1. The van der Waals surface area contributed by atoms with Crippen LogP contribution >= 0.6 is 0 Å². The summed E-state index contributed by atoms with van der Waals surface area (Å²) >= 11 is 0. The third-order valence-corrected chi connectivity index (χ3v) is 4.61. The van der Waals surface area contributed by atoms with Gasteiger partial charge in [0.1, 0.15) is 11.3 Å². The largest absolute Gasteiger partial charge is 0.459 e. The maximum atomic E-state index is 5.99. The molecule has 2 heterocycles. The van der Waals surface area contributed by atoms with Crippen LogP contribution in [-0.2, 0) is 0 Å². The highest BCUT2D eigenvalue weighted by atomic mass is 16.3. The summed E-state index contributed by atoms with van der Waals surface area (Å²) in [4.78, 5) is 2.41. The second-order valence-electron chi connectivity index (χ2n) is 6.52. The predicted octanol–water partition coefficient (Wildman–Crippen LogP) is 3.43. The van der Waals surface area contributed by atoms with Crippen molar-refractivity contribution in [1.29, 1.82) is 0 Å². The maximum Gasteiger partial charge on any atom is 0.134 e. The van der Waals surface area contributed by atoms with Gasteiger partial charge in [-0.15, -0.1) is 0 Å². The zero-order valence-corrected chi connectivity index (χ0v) is 12.6. The van der Waals surface area contributed by atoms with Gasteiger partial charge in [0.15, 0.2) is 0 Å². The normalized spacial score (nSPS) is 24.6. The first-order chi connectivity index (χ1) is 9.57. The lowest BCUT2D eigenvalue weighted by atomic mass is 9.89. The van der Waals surface area contributed by atoms with Crippen LogP contribution in [0.3, 0.4) is 0 Å². The molecular formula is C17H24N2O. The molecule has 0 amide bonds. The highest BCUT2D eigenvalue weighted by Crippen LogP contribution is 2.31. The van der Waals surface area contributed by atoms with Gasteiger partial charge in [-0.05, 0) is 44.5 Å². The molecular weight excluding hydrogens is 248 g/mol. The van der Waals surface area contributed by atoms with E-state index in [9.17, 15) is 0 Å². The van der Waals surface area contributed by atoms with Crippen molar-refractivity contribution in [3.05, 3.63) is 36.1 Å². The van der Waals surface area contributed by atoms with Crippen molar-refractivity contribution in [2.75, 3.05) is 26.7 Å². The zero-order chi connectivity index (χ0) is 14.2. The van der Waals surface area contributed by atoms with Crippen molar-refractivity contribution in [3.63, 3.8) is 0 Å². The Bertz CT molecular complexity index is 550. The van der Waals surface area contributed by atoms with Gasteiger partial charge in [0.25, 0.3) is 0 Å². The first-order valence-corrected chi connectivity index (χ1v) is 7.47. The monoisotopic (exact) mass is 272 g/mol. The lowest BCUT2D eigenvalue weighted by Gasteiger charge is -2.32. The van der Waals surface area contributed by atoms with Crippen LogP contribution in [0.1, 0.15) is 32.1 Å². The topological polar surface area (TPSA) is 28.4 Å². The molecule has 1 aromatic heterocycles. The molecule has 3 nitrogen and oxygen atoms in total. The number of hydrogen-bond donors (Lipinski definition) is 1. The molecule has 108 valence electrons. The van der Waals surface area contributed by atoms with Gasteiger partial charge in [0.2, 0.25) is 0 Å². The Labute approximate surface area is 120 Å². The van der Waals surface area contributed by atoms with Crippen LogP contribution in [0.4, 0.5) is 0 Å². The summed E-state index contributed by atoms with van der Waals surface area (Å²) in [6.45, 7) is 7.95. The Balaban J connectivity index is 1.75. The molecule has 1 aromatic carbocycles. The Hall–Kier alpha value is -1.32. The lowest BCUT2D eigenvalue weighted by Crippen LogP contribution is -2.36. The number of nitrogens with zero attached hydrogens (tertiary/aromatic N) is 1. The smallest absolute Gasteiger partial charge is 0.134 e. The van der Waals surface area contributed by atoms with Gasteiger partial charge >= 0.3 is 0 Å². The summed E-state index contributed by atoms with van der Waals surface area (Å²) in [5, 5.41) is 4.66. The van der Waals surface area contributed by atoms with Gasteiger partial charge in [-0.25, -0.2) is 0 Å². The fraction of sp³-hybridized carbons (Fsp3) is 0.529. The summed E-state index contributed by atoms with van der Waals surface area (Å²) in [6, 6.07) is 10.7. The number of rotatable bonds is 4. The SMILES string of the molecule is CC(c1cc2ccccc2o1)N(C)CC1(C)CCNC1. The molecule has 1 fully saturated rings. The molecule has 2 aromatic rings. The number of fused-ring (bicyclic) bond motifs is 1. The first-order valence-electron chi connectivity index (χ1n) is 7.47. The van der Waals surface area contributed by atoms with Gasteiger partial charge in [-0.3, -0.25) is 4.90 Å². The van der Waals surface area contributed by atoms with Crippen LogP contribution < -0.4 is 5.32 Å². The molecule has 0 bridgehead atoms. The number of hydrogen-bond acceptors (Lipinski definition) is 3. The van der Waals surface area contributed by atoms with Crippen LogP contribution in [0.2, 0.25) is 0 Å². The van der Waals surface area contributed by atoms with E-state index < -0.39 is 0 Å². The third-order valence-electron chi connectivity index (χ3n) is 4.61. The number of furan rings is 1. The summed E-state index contributed by atoms with van der Waals surface area (Å²) < 4.78 is 5.99. The molecule has 0 spiro atoms. The Morgan fingerprint density at radius 2 is 2.20 bits per heavy atom. The van der Waals surface area contributed by atoms with Crippen molar-refractivity contribution in [3.8, 4) is 0 Å². The maximum absolute atomic E-state index is 5.99. The zero-order valence-electron chi connectivity index (χ0n) is 12.6. The van der Waals surface area contributed by atoms with Crippen LogP contribution in [0.15, 0.2) is 34.7 Å². The predicted molar refractivity (Wildman–Crippen MR) is 82.9 cm³/mol. The Morgan fingerprint density at radius 1 is 1.40 bits per heavy atom. The molecule has 0 aliphatic carbocycles. The van der Waals surface area contributed by atoms with Crippen molar-refractivity contribution in [1.82, 2.24) is 10.2 Å². The van der Waals surface area contributed by atoms with Crippen molar-refractivity contribution in [2.45, 2.75) is 26.3 Å². The van der Waals surface area contributed by atoms with E-state index in [1.165, 1.54) is 11.8 Å². The van der Waals surface area contributed by atoms with Crippen LogP contribution in [0.25, 0.3) is 11.0 Å². The van der Waals surface area contributed by atoms with E-state index in [2.05, 4.69) is 49.3 Å². The van der Waals surface area contributed by atoms with Gasteiger partial charge in [-0.1, -0.05) is 25.1 Å². The lowest BCUT2D eigenvalue weighted by molar-refractivity contribution is 0.156. The minimum atomic E-state index is 0.305. The second-order valence-corrected chi connectivity index (χ2v) is 6.52. The molecule has 1 aliphatic rings. The minimum Gasteiger partial charge on any atom is -0.459 e. The van der Waals surface area contributed by atoms with E-state index in [1.807, 2.05) is 12.1 Å². The van der Waals surface area contributed by atoms with Gasteiger partial charge in [-0.2, -0.15) is 0 Å². The van der Waals surface area contributed by atoms with Crippen LogP contribution in [0, 0.1) is 5.41 Å². The fourth-order valence-corrected chi connectivity index (χ4v) is 3.17. The molecule has 3 rings (SSSR count). The van der Waals surface area contributed by atoms with E-state index in [4.69, 9.17) is 4.42 Å². The van der Waals surface area contributed by atoms with Crippen molar-refractivity contribution < 1.29 is 4.42 Å². The summed E-state index contributed by atoms with van der Waals surface area (Å²) in [5.74, 6) is 1.06. The standard InChI is InChI=1S/C17H24N2O/c1-13(19(3)12-17(2)8-9-18-11-17)16-10-14-6-4-5-7-15(14)20-16/h4-7,10,13,18H,8-9,11-12H2,1-3H3. The first kappa shape index (κ1) is 13.7. The van der Waals surface area contributed by atoms with E-state index in [-0.39, 0.29) is 0 Å². The van der Waals surface area contributed by atoms with Gasteiger partial charge in [0.05, 0.1) is 6.04 Å². The summed E-state index contributed by atoms with van der Waals surface area (Å²) in [7, 11) is 2.20. The number of para-hydroxylation sites is 1. The molecule has 1 N–H and O–H groups in total. The second kappa shape index (κ2) is 5.23. The van der Waals surface area contributed by atoms with Crippen LogP contribution in [-0.4, -0.2) is 31.6 Å². The van der Waals surface area contributed by atoms with E-state index in [0.717, 1.165) is 31.0 Å². The molecule has 1 aliphatic heterocycles. The quantitative estimate of drug-likeness (QED) is 0.924. The third kappa shape index (κ3) is 2.60. The summed E-state index contributed by atoms with van der Waals surface area (Å²) in [6.07, 6.45) is 1.25. The molecule has 2 unspecified atom stereocenters. The highest BCUT2D eigenvalue weighted by Gasteiger charge is 2.31.